The minimum Gasteiger partial charge on any atom is -0.356 e. The van der Waals surface area contributed by atoms with Crippen molar-refractivity contribution in [3.63, 3.8) is 0 Å². The number of rotatable bonds is 6. The molecule has 1 unspecified atom stereocenters. The van der Waals surface area contributed by atoms with Gasteiger partial charge in [0.25, 0.3) is 11.8 Å². The lowest BCUT2D eigenvalue weighted by Gasteiger charge is -2.24. The van der Waals surface area contributed by atoms with Gasteiger partial charge in [0.2, 0.25) is 11.0 Å². The van der Waals surface area contributed by atoms with E-state index in [9.17, 15) is 14.4 Å². The molecule has 2 aromatic carbocycles. The second kappa shape index (κ2) is 9.15. The molecule has 0 radical (unpaired) electrons. The van der Waals surface area contributed by atoms with Crippen molar-refractivity contribution in [1.29, 1.82) is 0 Å². The summed E-state index contributed by atoms with van der Waals surface area (Å²) in [5.41, 5.74) is 3.66. The summed E-state index contributed by atoms with van der Waals surface area (Å²) in [6, 6.07) is 14.7. The van der Waals surface area contributed by atoms with Gasteiger partial charge in [0.1, 0.15) is 6.04 Å². The van der Waals surface area contributed by atoms with Crippen LogP contribution in [0.15, 0.2) is 59.1 Å². The summed E-state index contributed by atoms with van der Waals surface area (Å²) in [7, 11) is 0. The number of thiocarbonyl (C=S) groups is 1. The number of benzene rings is 2. The predicted molar refractivity (Wildman–Crippen MR) is 117 cm³/mol. The number of halogens is 1. The lowest BCUT2D eigenvalue weighted by atomic mass is 10.1. The lowest BCUT2D eigenvalue weighted by Crippen LogP contribution is -2.50. The van der Waals surface area contributed by atoms with Crippen LogP contribution >= 0.6 is 28.1 Å². The zero-order valence-corrected chi connectivity index (χ0v) is 18.0. The molecule has 3 rings (SSSR count). The van der Waals surface area contributed by atoms with Crippen LogP contribution in [0.5, 0.6) is 0 Å². The molecule has 1 heterocycles. The van der Waals surface area contributed by atoms with E-state index in [0.29, 0.717) is 17.8 Å². The third-order valence-electron chi connectivity index (χ3n) is 4.31. The Morgan fingerprint density at radius 1 is 1.10 bits per heavy atom. The second-order valence-corrected chi connectivity index (χ2v) is 7.56. The molecule has 0 bridgehead atoms. The van der Waals surface area contributed by atoms with Gasteiger partial charge in [-0.05, 0) is 55.5 Å². The fourth-order valence-electron chi connectivity index (χ4n) is 2.93. The second-order valence-electron chi connectivity index (χ2n) is 6.28. The lowest BCUT2D eigenvalue weighted by molar-refractivity contribution is -0.127. The Hall–Kier alpha value is -2.78. The van der Waals surface area contributed by atoms with Crippen molar-refractivity contribution >= 4 is 56.7 Å². The van der Waals surface area contributed by atoms with E-state index in [1.165, 1.54) is 9.91 Å². The maximum Gasteiger partial charge on any atom is 0.269 e. The number of nitrogens with zero attached hydrogens (tertiary/aromatic N) is 2. The van der Waals surface area contributed by atoms with Crippen molar-refractivity contribution in [3.05, 3.63) is 64.6 Å². The number of anilines is 1. The van der Waals surface area contributed by atoms with Crippen molar-refractivity contribution < 1.29 is 14.4 Å². The molecule has 2 aromatic rings. The van der Waals surface area contributed by atoms with Crippen molar-refractivity contribution in [3.8, 4) is 0 Å². The van der Waals surface area contributed by atoms with Crippen molar-refractivity contribution in [2.75, 3.05) is 11.4 Å². The molecule has 0 spiro atoms. The van der Waals surface area contributed by atoms with Crippen LogP contribution in [0.25, 0.3) is 0 Å². The Bertz CT molecular complexity index is 937. The van der Waals surface area contributed by atoms with Crippen LogP contribution in [0.3, 0.4) is 0 Å². The summed E-state index contributed by atoms with van der Waals surface area (Å²) in [4.78, 5) is 39.3. The molecule has 1 fully saturated rings. The first-order valence-corrected chi connectivity index (χ1v) is 10.2. The van der Waals surface area contributed by atoms with Crippen LogP contribution in [0.1, 0.15) is 23.7 Å². The molecule has 1 aliphatic rings. The number of hydrazine groups is 1. The highest BCUT2D eigenvalue weighted by Crippen LogP contribution is 2.26. The van der Waals surface area contributed by atoms with E-state index in [1.54, 1.807) is 55.5 Å². The molecule has 0 aliphatic carbocycles. The summed E-state index contributed by atoms with van der Waals surface area (Å²) in [6.07, 6.45) is -0.128. The Labute approximate surface area is 182 Å². The number of amides is 3. The van der Waals surface area contributed by atoms with Crippen molar-refractivity contribution in [1.82, 2.24) is 15.8 Å². The Balaban J connectivity index is 1.88. The van der Waals surface area contributed by atoms with Gasteiger partial charge in [-0.3, -0.25) is 24.7 Å². The molecule has 150 valence electrons. The third kappa shape index (κ3) is 4.63. The van der Waals surface area contributed by atoms with Crippen LogP contribution in [0.4, 0.5) is 5.69 Å². The van der Waals surface area contributed by atoms with Crippen LogP contribution in [0.2, 0.25) is 0 Å². The van der Waals surface area contributed by atoms with E-state index in [2.05, 4.69) is 26.7 Å². The quantitative estimate of drug-likeness (QED) is 0.628. The number of para-hydroxylation sites is 1. The molecule has 7 nitrogen and oxygen atoms in total. The molecule has 0 aromatic heterocycles. The van der Waals surface area contributed by atoms with Crippen molar-refractivity contribution in [2.45, 2.75) is 19.4 Å². The molecule has 9 heteroatoms. The minimum atomic E-state index is -0.936. The van der Waals surface area contributed by atoms with Gasteiger partial charge >= 0.3 is 0 Å². The third-order valence-corrected chi connectivity index (χ3v) is 5.22. The smallest absolute Gasteiger partial charge is 0.269 e. The van der Waals surface area contributed by atoms with Gasteiger partial charge in [-0.1, -0.05) is 34.1 Å². The topological polar surface area (TPSA) is 81.8 Å². The fraction of sp³-hybridized carbons (Fsp3) is 0.200. The van der Waals surface area contributed by atoms with Crippen LogP contribution < -0.4 is 15.6 Å². The number of hydrogen-bond donors (Lipinski definition) is 2. The van der Waals surface area contributed by atoms with Gasteiger partial charge in [0.15, 0.2) is 0 Å². The van der Waals surface area contributed by atoms with Gasteiger partial charge in [0.05, 0.1) is 12.1 Å². The van der Waals surface area contributed by atoms with E-state index in [0.717, 1.165) is 4.47 Å². The number of carbonyl (C=O) groups excluding carboxylic acids is 3. The number of carbonyl (C=O) groups is 3. The van der Waals surface area contributed by atoms with Gasteiger partial charge in [-0.2, -0.15) is 0 Å². The molecular weight excluding hydrogens is 456 g/mol. The highest BCUT2D eigenvalue weighted by molar-refractivity contribution is 9.10. The summed E-state index contributed by atoms with van der Waals surface area (Å²) in [5, 5.41) is 4.08. The van der Waals surface area contributed by atoms with Crippen molar-refractivity contribution in [2.24, 2.45) is 0 Å². The summed E-state index contributed by atoms with van der Waals surface area (Å²) < 4.78 is 0.838. The average molecular weight is 475 g/mol. The molecule has 1 saturated heterocycles. The van der Waals surface area contributed by atoms with E-state index >= 15 is 0 Å². The Kier molecular flexibility index (Phi) is 6.60. The summed E-state index contributed by atoms with van der Waals surface area (Å²) >= 11 is 8.81. The molecule has 0 saturated carbocycles. The highest BCUT2D eigenvalue weighted by atomic mass is 79.9. The first kappa shape index (κ1) is 20.9. The molecule has 1 aliphatic heterocycles. The highest BCUT2D eigenvalue weighted by Gasteiger charge is 2.45. The fourth-order valence-corrected chi connectivity index (χ4v) is 3.57. The first-order valence-electron chi connectivity index (χ1n) is 8.97. The van der Waals surface area contributed by atoms with E-state index in [4.69, 9.17) is 12.2 Å². The normalized spacial score (nSPS) is 16.1. The monoisotopic (exact) mass is 474 g/mol. The number of hydrogen-bond acceptors (Lipinski definition) is 4. The summed E-state index contributed by atoms with van der Waals surface area (Å²) in [5.74, 6) is -1.10. The largest absolute Gasteiger partial charge is 0.356 e. The Morgan fingerprint density at radius 2 is 1.76 bits per heavy atom. The number of nitrogens with one attached hydrogen (secondary N) is 2. The van der Waals surface area contributed by atoms with Crippen LogP contribution in [-0.2, 0) is 9.59 Å². The maximum atomic E-state index is 13.1. The SMILES string of the molecule is CCNC(=O)CC1C(=O)N(c2ccccc2)C(=S)N1NC(=O)c1ccc(Br)cc1. The van der Waals surface area contributed by atoms with E-state index < -0.39 is 11.9 Å². The van der Waals surface area contributed by atoms with Gasteiger partial charge < -0.3 is 5.32 Å². The standard InChI is InChI=1S/C20H19BrN4O3S/c1-2-22-17(26)12-16-19(28)24(15-6-4-3-5-7-15)20(29)25(16)23-18(27)13-8-10-14(21)11-9-13/h3-11,16H,2,12H2,1H3,(H,22,26)(H,23,27). The molecule has 3 amide bonds. The minimum absolute atomic E-state index is 0.112. The molecule has 29 heavy (non-hydrogen) atoms. The van der Waals surface area contributed by atoms with Crippen LogP contribution in [0, 0.1) is 0 Å². The summed E-state index contributed by atoms with van der Waals surface area (Å²) in [6.45, 7) is 2.24. The Morgan fingerprint density at radius 3 is 2.38 bits per heavy atom. The average Bonchev–Trinajstić information content (AvgIpc) is 2.93. The first-order chi connectivity index (χ1) is 13.9. The van der Waals surface area contributed by atoms with Gasteiger partial charge in [-0.15, -0.1) is 0 Å². The predicted octanol–water partition coefficient (Wildman–Crippen LogP) is 2.62. The van der Waals surface area contributed by atoms with E-state index in [-0.39, 0.29) is 23.3 Å². The molecule has 1 atom stereocenters. The zero-order valence-electron chi connectivity index (χ0n) is 15.6. The van der Waals surface area contributed by atoms with E-state index in [1.807, 2.05) is 6.07 Å². The zero-order chi connectivity index (χ0) is 21.0. The maximum absolute atomic E-state index is 13.1. The van der Waals surface area contributed by atoms with Gasteiger partial charge in [-0.25, -0.2) is 5.01 Å². The van der Waals surface area contributed by atoms with Crippen LogP contribution in [-0.4, -0.2) is 40.4 Å². The van der Waals surface area contributed by atoms with Gasteiger partial charge in [0, 0.05) is 16.6 Å². The molecular formula is C20H19BrN4O3S. The molecule has 2 N–H and O–H groups in total.